The van der Waals surface area contributed by atoms with Gasteiger partial charge in [-0.2, -0.15) is 5.26 Å². The van der Waals surface area contributed by atoms with Crippen molar-refractivity contribution < 1.29 is 13.9 Å². The second-order valence-electron chi connectivity index (χ2n) is 14.7. The molecular weight excluding hydrogens is 579 g/mol. The normalized spacial score (nSPS) is 24.7. The molecule has 2 aromatic carbocycles. The third-order valence-corrected chi connectivity index (χ3v) is 11.2. The van der Waals surface area contributed by atoms with Crippen LogP contribution < -0.4 is 10.2 Å². The van der Waals surface area contributed by atoms with Gasteiger partial charge in [0, 0.05) is 62.8 Å². The highest BCUT2D eigenvalue weighted by Crippen LogP contribution is 2.54. The van der Waals surface area contributed by atoms with E-state index in [1.54, 1.807) is 12.1 Å². The first-order chi connectivity index (χ1) is 22.2. The number of amides is 1. The topological polar surface area (TPSA) is 75.1 Å². The zero-order valence-corrected chi connectivity index (χ0v) is 28.1. The Kier molecular flexibility index (Phi) is 9.88. The molecule has 2 aromatic rings. The molecule has 4 aliphatic rings. The first-order valence-corrected chi connectivity index (χ1v) is 17.2. The Hall–Kier alpha value is -3.19. The summed E-state index contributed by atoms with van der Waals surface area (Å²) in [6.45, 7) is 10.3. The zero-order valence-electron chi connectivity index (χ0n) is 28.1. The number of rotatable bonds is 10. The van der Waals surface area contributed by atoms with E-state index < -0.39 is 0 Å². The van der Waals surface area contributed by atoms with Gasteiger partial charge in [0.25, 0.3) is 0 Å². The molecule has 3 aliphatic heterocycles. The fourth-order valence-electron chi connectivity index (χ4n) is 9.21. The van der Waals surface area contributed by atoms with Crippen molar-refractivity contribution in [3.05, 3.63) is 65.0 Å². The summed E-state index contributed by atoms with van der Waals surface area (Å²) in [5.74, 6) is 1.61. The number of likely N-dealkylation sites (tertiary alicyclic amines) is 2. The number of alkyl carbamates (subject to hydrolysis) is 1. The molecule has 1 saturated carbocycles. The van der Waals surface area contributed by atoms with Crippen LogP contribution >= 0.6 is 0 Å². The van der Waals surface area contributed by atoms with E-state index in [-0.39, 0.29) is 29.4 Å². The second kappa shape index (κ2) is 13.9. The third kappa shape index (κ3) is 6.49. The molecule has 0 bridgehead atoms. The predicted molar refractivity (Wildman–Crippen MR) is 179 cm³/mol. The number of carbonyl (C=O) groups is 1. The van der Waals surface area contributed by atoms with Gasteiger partial charge in [-0.05, 0) is 106 Å². The molecule has 248 valence electrons. The van der Waals surface area contributed by atoms with Crippen molar-refractivity contribution in [3.63, 3.8) is 0 Å². The van der Waals surface area contributed by atoms with Gasteiger partial charge >= 0.3 is 6.09 Å². The Labute approximate surface area is 274 Å². The lowest BCUT2D eigenvalue weighted by molar-refractivity contribution is -0.106. The first kappa shape index (κ1) is 32.7. The summed E-state index contributed by atoms with van der Waals surface area (Å²) >= 11 is 0. The zero-order chi connectivity index (χ0) is 32.4. The van der Waals surface area contributed by atoms with Crippen molar-refractivity contribution in [2.75, 3.05) is 71.9 Å². The van der Waals surface area contributed by atoms with E-state index in [9.17, 15) is 14.4 Å². The number of methoxy groups -OCH3 is 1. The number of nitrogens with one attached hydrogen (secondary N) is 1. The predicted octanol–water partition coefficient (Wildman–Crippen LogP) is 5.28. The summed E-state index contributed by atoms with van der Waals surface area (Å²) < 4.78 is 20.0. The lowest BCUT2D eigenvalue weighted by Crippen LogP contribution is -2.67. The van der Waals surface area contributed by atoms with E-state index >= 15 is 0 Å². The van der Waals surface area contributed by atoms with Gasteiger partial charge in [-0.3, -0.25) is 4.90 Å². The molecule has 1 aliphatic carbocycles. The average Bonchev–Trinajstić information content (AvgIpc) is 3.46. The second-order valence-corrected chi connectivity index (χ2v) is 14.7. The third-order valence-electron chi connectivity index (χ3n) is 11.2. The average molecular weight is 631 g/mol. The molecule has 3 atom stereocenters. The summed E-state index contributed by atoms with van der Waals surface area (Å²) in [5, 5.41) is 12.7. The maximum atomic E-state index is 15.0. The van der Waals surface area contributed by atoms with Crippen LogP contribution in [0.25, 0.3) is 0 Å². The molecule has 3 heterocycles. The summed E-state index contributed by atoms with van der Waals surface area (Å²) in [5.41, 5.74) is 3.80. The van der Waals surface area contributed by atoms with Gasteiger partial charge < -0.3 is 24.8 Å². The molecule has 0 spiro atoms. The number of carbonyl (C=O) groups excluding carboxylic acids is 1. The van der Waals surface area contributed by atoms with E-state index in [0.717, 1.165) is 101 Å². The van der Waals surface area contributed by atoms with Crippen LogP contribution in [-0.2, 0) is 16.8 Å². The van der Waals surface area contributed by atoms with Gasteiger partial charge in [0.1, 0.15) is 5.82 Å². The van der Waals surface area contributed by atoms with Crippen LogP contribution in [-0.4, -0.2) is 93.9 Å². The van der Waals surface area contributed by atoms with E-state index in [4.69, 9.17) is 4.74 Å². The SMILES string of the molecule is COC(=O)N[C@H]1CCC[C@@H]1[C@](c1cccc(F)c1)(C1CCN(CC2CN(c3ccc(C#N)c(CN(C)C)c3)C2)CC1)N1CC(C)C1. The van der Waals surface area contributed by atoms with Crippen LogP contribution in [0, 0.1) is 40.8 Å². The summed E-state index contributed by atoms with van der Waals surface area (Å²) in [4.78, 5) is 22.3. The molecule has 6 rings (SSSR count). The number of halogens is 1. The van der Waals surface area contributed by atoms with E-state index in [2.05, 4.69) is 56.1 Å². The van der Waals surface area contributed by atoms with Crippen molar-refractivity contribution >= 4 is 11.8 Å². The highest BCUT2D eigenvalue weighted by molar-refractivity contribution is 5.67. The molecule has 9 heteroatoms. The number of nitrogens with zero attached hydrogens (tertiary/aromatic N) is 5. The molecule has 1 N–H and O–H groups in total. The molecule has 0 aromatic heterocycles. The Bertz CT molecular complexity index is 1410. The fourth-order valence-corrected chi connectivity index (χ4v) is 9.21. The van der Waals surface area contributed by atoms with Gasteiger partial charge in [0.2, 0.25) is 0 Å². The molecule has 1 amide bonds. The Morgan fingerprint density at radius 3 is 2.50 bits per heavy atom. The van der Waals surface area contributed by atoms with Gasteiger partial charge in [-0.1, -0.05) is 25.5 Å². The number of hydrogen-bond acceptors (Lipinski definition) is 7. The van der Waals surface area contributed by atoms with Crippen LogP contribution in [0.3, 0.4) is 0 Å². The minimum Gasteiger partial charge on any atom is -0.453 e. The van der Waals surface area contributed by atoms with Crippen molar-refractivity contribution in [1.29, 1.82) is 5.26 Å². The smallest absolute Gasteiger partial charge is 0.407 e. The number of anilines is 1. The van der Waals surface area contributed by atoms with Crippen LogP contribution in [0.5, 0.6) is 0 Å². The molecule has 3 saturated heterocycles. The van der Waals surface area contributed by atoms with E-state index in [1.807, 2.05) is 26.2 Å². The minimum absolute atomic E-state index is 0.00563. The minimum atomic E-state index is -0.374. The van der Waals surface area contributed by atoms with Gasteiger partial charge in [-0.25, -0.2) is 9.18 Å². The molecular formula is C37H51FN6O2. The van der Waals surface area contributed by atoms with Crippen molar-refractivity contribution in [1.82, 2.24) is 20.0 Å². The molecule has 4 fully saturated rings. The largest absolute Gasteiger partial charge is 0.453 e. The summed E-state index contributed by atoms with van der Waals surface area (Å²) in [6.07, 6.45) is 4.73. The lowest BCUT2D eigenvalue weighted by atomic mass is 9.62. The van der Waals surface area contributed by atoms with Gasteiger partial charge in [0.15, 0.2) is 0 Å². The van der Waals surface area contributed by atoms with Crippen molar-refractivity contribution in [2.45, 2.75) is 57.2 Å². The fraction of sp³-hybridized carbons (Fsp3) is 0.622. The van der Waals surface area contributed by atoms with Crippen molar-refractivity contribution in [3.8, 4) is 6.07 Å². The van der Waals surface area contributed by atoms with Crippen molar-refractivity contribution in [2.24, 2.45) is 23.7 Å². The molecule has 0 unspecified atom stereocenters. The Morgan fingerprint density at radius 1 is 1.09 bits per heavy atom. The maximum Gasteiger partial charge on any atom is 0.407 e. The van der Waals surface area contributed by atoms with Crippen LogP contribution in [0.2, 0.25) is 0 Å². The Morgan fingerprint density at radius 2 is 1.85 bits per heavy atom. The maximum absolute atomic E-state index is 15.0. The molecule has 46 heavy (non-hydrogen) atoms. The summed E-state index contributed by atoms with van der Waals surface area (Å²) in [6, 6.07) is 15.9. The number of ether oxygens (including phenoxy) is 1. The highest BCUT2D eigenvalue weighted by Gasteiger charge is 2.57. The standard InChI is InChI=1S/C37H51FN6O2/c1-26-20-44(21-26)37(31-7-5-8-32(38)18-31,34-9-6-10-35(34)40-36(45)46-4)30-13-15-42(16-14-30)22-27-23-43(24-27)33-12-11-28(19-39)29(17-33)25-41(2)3/h5,7-8,11-12,17-18,26-27,30,34-35H,6,9-10,13-16,20-25H2,1-4H3,(H,40,45)/t34-,35-,37+/m0/s1. The number of benzene rings is 2. The summed E-state index contributed by atoms with van der Waals surface area (Å²) in [7, 11) is 5.50. The number of piperidine rings is 1. The highest BCUT2D eigenvalue weighted by atomic mass is 19.1. The number of nitriles is 1. The number of hydrogen-bond donors (Lipinski definition) is 1. The van der Waals surface area contributed by atoms with E-state index in [1.165, 1.54) is 12.8 Å². The van der Waals surface area contributed by atoms with E-state index in [0.29, 0.717) is 17.8 Å². The Balaban J connectivity index is 1.16. The first-order valence-electron chi connectivity index (χ1n) is 17.2. The molecule has 8 nitrogen and oxygen atoms in total. The quantitative estimate of drug-likeness (QED) is 0.383. The van der Waals surface area contributed by atoms with Crippen LogP contribution in [0.15, 0.2) is 42.5 Å². The van der Waals surface area contributed by atoms with Crippen LogP contribution in [0.4, 0.5) is 14.9 Å². The van der Waals surface area contributed by atoms with Gasteiger partial charge in [0.05, 0.1) is 24.3 Å². The monoisotopic (exact) mass is 630 g/mol. The van der Waals surface area contributed by atoms with Crippen LogP contribution in [0.1, 0.15) is 55.7 Å². The molecule has 0 radical (unpaired) electrons. The van der Waals surface area contributed by atoms with Gasteiger partial charge in [-0.15, -0.1) is 0 Å². The lowest BCUT2D eigenvalue weighted by Gasteiger charge is -2.60.